The molecular weight excluding hydrogens is 580 g/mol. The monoisotopic (exact) mass is 620 g/mol. The molecule has 46 heavy (non-hydrogen) atoms. The third-order valence-corrected chi connectivity index (χ3v) is 8.42. The van der Waals surface area contributed by atoms with Crippen LogP contribution >= 0.6 is 0 Å². The van der Waals surface area contributed by atoms with Crippen LogP contribution in [0, 0.1) is 0 Å². The van der Waals surface area contributed by atoms with Gasteiger partial charge in [-0.15, -0.1) is 5.10 Å². The Morgan fingerprint density at radius 3 is 2.17 bits per heavy atom. The van der Waals surface area contributed by atoms with Crippen LogP contribution in [0.5, 0.6) is 0 Å². The number of Topliss-reactive ketones (excluding diaryl/α,β-unsaturated/α-hetero) is 2. The normalized spacial score (nSPS) is 16.8. The lowest BCUT2D eigenvalue weighted by Crippen LogP contribution is -2.46. The fourth-order valence-corrected chi connectivity index (χ4v) is 5.94. The van der Waals surface area contributed by atoms with E-state index in [2.05, 4.69) is 20.8 Å². The third kappa shape index (κ3) is 8.93. The molecule has 0 spiro atoms. The largest absolute Gasteiger partial charge is 0.453 e. The van der Waals surface area contributed by atoms with Crippen LogP contribution in [0.3, 0.4) is 0 Å². The van der Waals surface area contributed by atoms with Gasteiger partial charge in [-0.1, -0.05) is 84.9 Å². The third-order valence-electron chi connectivity index (χ3n) is 8.42. The van der Waals surface area contributed by atoms with E-state index in [1.165, 1.54) is 7.11 Å². The van der Waals surface area contributed by atoms with Crippen LogP contribution in [0.15, 0.2) is 103 Å². The minimum atomic E-state index is -0.839. The second kappa shape index (κ2) is 16.5. The Bertz CT molecular complexity index is 1520. The molecule has 2 N–H and O–H groups in total. The summed E-state index contributed by atoms with van der Waals surface area (Å²) in [6.07, 6.45) is 3.65. The van der Waals surface area contributed by atoms with Crippen molar-refractivity contribution in [2.45, 2.75) is 56.2 Å². The Labute approximate surface area is 269 Å². The van der Waals surface area contributed by atoms with Crippen LogP contribution in [0.2, 0.25) is 0 Å². The molecule has 238 valence electrons. The first-order valence-corrected chi connectivity index (χ1v) is 15.7. The Morgan fingerprint density at radius 1 is 0.891 bits per heavy atom. The van der Waals surface area contributed by atoms with Gasteiger partial charge in [0.1, 0.15) is 11.7 Å². The average molecular weight is 621 g/mol. The fraction of sp³-hybridized carbons (Fsp3) is 0.324. The second-order valence-corrected chi connectivity index (χ2v) is 11.5. The molecule has 1 saturated heterocycles. The van der Waals surface area contributed by atoms with Crippen LogP contribution in [0.4, 0.5) is 4.79 Å². The van der Waals surface area contributed by atoms with Crippen LogP contribution < -0.4 is 10.6 Å². The molecule has 0 unspecified atom stereocenters. The number of nitrogens with one attached hydrogen (secondary N) is 2. The Hall–Kier alpha value is -4.73. The maximum absolute atomic E-state index is 14.1. The average Bonchev–Trinajstić information content (AvgIpc) is 3.11. The van der Waals surface area contributed by atoms with E-state index >= 15 is 0 Å². The molecule has 9 nitrogen and oxygen atoms in total. The first kappa shape index (κ1) is 32.7. The zero-order valence-electron chi connectivity index (χ0n) is 26.0. The number of alkyl carbamates (subject to hydrolysis) is 1. The standard InChI is InChI=1S/C37H40N4O5/c1-45-37(44)40-36(35(27-12-4-2-5-13-27)28-14-6-3-7-15-28)34(43)23-29-16-9-8-11-26(29)18-20-31-24-38-30(25-46-31)19-21-33(42)32-17-10-22-39-41-32/h2-17,22,30-31,35-36,38H,18-21,23-25H2,1H3,(H,40,44)/t30-,31-,36-/m1/s1. The number of hydrogen-bond acceptors (Lipinski definition) is 8. The molecule has 3 aromatic carbocycles. The smallest absolute Gasteiger partial charge is 0.407 e. The van der Waals surface area contributed by atoms with Gasteiger partial charge in [0, 0.05) is 37.5 Å². The maximum atomic E-state index is 14.1. The molecule has 0 saturated carbocycles. The number of morpholine rings is 1. The number of amides is 1. The molecule has 4 aromatic rings. The number of methoxy groups -OCH3 is 1. The number of aromatic nitrogens is 2. The van der Waals surface area contributed by atoms with E-state index in [4.69, 9.17) is 9.47 Å². The lowest BCUT2D eigenvalue weighted by Gasteiger charge is -2.30. The molecule has 9 heteroatoms. The Kier molecular flexibility index (Phi) is 11.7. The van der Waals surface area contributed by atoms with Crippen molar-refractivity contribution in [3.05, 3.63) is 131 Å². The number of carbonyl (C=O) groups excluding carboxylic acids is 3. The van der Waals surface area contributed by atoms with Gasteiger partial charge < -0.3 is 20.1 Å². The quantitative estimate of drug-likeness (QED) is 0.187. The van der Waals surface area contributed by atoms with Gasteiger partial charge in [0.2, 0.25) is 0 Å². The molecule has 3 atom stereocenters. The van der Waals surface area contributed by atoms with Gasteiger partial charge >= 0.3 is 6.09 Å². The zero-order chi connectivity index (χ0) is 32.1. The number of aryl methyl sites for hydroxylation is 1. The molecule has 1 aliphatic rings. The summed E-state index contributed by atoms with van der Waals surface area (Å²) in [5.74, 6) is -0.525. The van der Waals surface area contributed by atoms with Crippen LogP contribution in [-0.2, 0) is 27.1 Å². The van der Waals surface area contributed by atoms with E-state index in [9.17, 15) is 14.4 Å². The number of nitrogens with zero attached hydrogens (tertiary/aromatic N) is 2. The number of ether oxygens (including phenoxy) is 2. The second-order valence-electron chi connectivity index (χ2n) is 11.5. The van der Waals surface area contributed by atoms with Crippen LogP contribution in [-0.4, -0.2) is 66.3 Å². The minimum absolute atomic E-state index is 0.0185. The lowest BCUT2D eigenvalue weighted by molar-refractivity contribution is -0.120. The number of carbonyl (C=O) groups is 3. The summed E-state index contributed by atoms with van der Waals surface area (Å²) in [5.41, 5.74) is 4.24. The highest BCUT2D eigenvalue weighted by Crippen LogP contribution is 2.30. The summed E-state index contributed by atoms with van der Waals surface area (Å²) in [6, 6.07) is 30.1. The summed E-state index contributed by atoms with van der Waals surface area (Å²) in [4.78, 5) is 39.0. The van der Waals surface area contributed by atoms with E-state index in [0.29, 0.717) is 31.7 Å². The maximum Gasteiger partial charge on any atom is 0.407 e. The highest BCUT2D eigenvalue weighted by molar-refractivity contribution is 5.94. The van der Waals surface area contributed by atoms with Crippen molar-refractivity contribution in [1.29, 1.82) is 0 Å². The van der Waals surface area contributed by atoms with Crippen LogP contribution in [0.25, 0.3) is 0 Å². The number of benzene rings is 3. The summed E-state index contributed by atoms with van der Waals surface area (Å²) in [7, 11) is 1.30. The molecule has 0 radical (unpaired) electrons. The predicted octanol–water partition coefficient (Wildman–Crippen LogP) is 5.10. The zero-order valence-corrected chi connectivity index (χ0v) is 26.0. The predicted molar refractivity (Wildman–Crippen MR) is 175 cm³/mol. The number of ketones is 2. The van der Waals surface area contributed by atoms with E-state index in [1.54, 1.807) is 18.3 Å². The van der Waals surface area contributed by atoms with Gasteiger partial charge in [-0.2, -0.15) is 5.10 Å². The van der Waals surface area contributed by atoms with Gasteiger partial charge in [0.25, 0.3) is 0 Å². The molecule has 0 bridgehead atoms. The van der Waals surface area contributed by atoms with Gasteiger partial charge in [0.15, 0.2) is 11.6 Å². The van der Waals surface area contributed by atoms with E-state index in [-0.39, 0.29) is 30.1 Å². The number of hydrogen-bond donors (Lipinski definition) is 2. The summed E-state index contributed by atoms with van der Waals surface area (Å²) in [6.45, 7) is 1.21. The van der Waals surface area contributed by atoms with Crippen molar-refractivity contribution in [2.75, 3.05) is 20.3 Å². The van der Waals surface area contributed by atoms with Crippen molar-refractivity contribution in [2.24, 2.45) is 0 Å². The van der Waals surface area contributed by atoms with Crippen molar-refractivity contribution < 1.29 is 23.9 Å². The van der Waals surface area contributed by atoms with E-state index in [1.807, 2.05) is 84.9 Å². The summed E-state index contributed by atoms with van der Waals surface area (Å²) < 4.78 is 11.1. The van der Waals surface area contributed by atoms with Crippen molar-refractivity contribution in [1.82, 2.24) is 20.8 Å². The van der Waals surface area contributed by atoms with Crippen molar-refractivity contribution >= 4 is 17.7 Å². The van der Waals surface area contributed by atoms with Crippen molar-refractivity contribution in [3.63, 3.8) is 0 Å². The first-order chi connectivity index (χ1) is 22.5. The molecule has 0 aliphatic carbocycles. The highest BCUT2D eigenvalue weighted by atomic mass is 16.5. The minimum Gasteiger partial charge on any atom is -0.453 e. The van der Waals surface area contributed by atoms with Gasteiger partial charge in [-0.3, -0.25) is 9.59 Å². The highest BCUT2D eigenvalue weighted by Gasteiger charge is 2.33. The topological polar surface area (TPSA) is 120 Å². The van der Waals surface area contributed by atoms with Gasteiger partial charge in [-0.05, 0) is 53.6 Å². The lowest BCUT2D eigenvalue weighted by atomic mass is 9.81. The van der Waals surface area contributed by atoms with E-state index in [0.717, 1.165) is 35.1 Å². The molecule has 2 heterocycles. The van der Waals surface area contributed by atoms with Crippen molar-refractivity contribution in [3.8, 4) is 0 Å². The summed E-state index contributed by atoms with van der Waals surface area (Å²) >= 11 is 0. The summed E-state index contributed by atoms with van der Waals surface area (Å²) in [5, 5.41) is 14.1. The van der Waals surface area contributed by atoms with Gasteiger partial charge in [-0.25, -0.2) is 4.79 Å². The van der Waals surface area contributed by atoms with E-state index < -0.39 is 18.1 Å². The molecule has 1 fully saturated rings. The Balaban J connectivity index is 1.22. The number of rotatable bonds is 14. The molecule has 1 amide bonds. The molecule has 1 aliphatic heterocycles. The molecule has 1 aromatic heterocycles. The first-order valence-electron chi connectivity index (χ1n) is 15.7. The molecular formula is C37H40N4O5. The Morgan fingerprint density at radius 2 is 1.57 bits per heavy atom. The fourth-order valence-electron chi connectivity index (χ4n) is 5.94. The SMILES string of the molecule is COC(=O)N[C@H](C(=O)Cc1ccccc1CC[C@@H]1CN[C@H](CCC(=O)c2cccnn2)CO1)C(c1ccccc1)c1ccccc1. The van der Waals surface area contributed by atoms with Crippen LogP contribution in [0.1, 0.15) is 57.9 Å². The molecule has 5 rings (SSSR count). The van der Waals surface area contributed by atoms with Gasteiger partial charge in [0.05, 0.1) is 19.8 Å².